The van der Waals surface area contributed by atoms with Gasteiger partial charge in [-0.2, -0.15) is 0 Å². The number of rotatable bonds is 2. The second kappa shape index (κ2) is 5.10. The number of halogens is 2. The fourth-order valence-electron chi connectivity index (χ4n) is 2.66. The lowest BCUT2D eigenvalue weighted by atomic mass is 10.0. The molecule has 0 unspecified atom stereocenters. The molecule has 2 nitrogen and oxygen atoms in total. The first kappa shape index (κ1) is 12.9. The van der Waals surface area contributed by atoms with E-state index >= 15 is 0 Å². The summed E-state index contributed by atoms with van der Waals surface area (Å²) in [6.07, 6.45) is 4.88. The van der Waals surface area contributed by atoms with Crippen molar-refractivity contribution in [2.24, 2.45) is 0 Å². The Morgan fingerprint density at radius 1 is 1.32 bits per heavy atom. The summed E-state index contributed by atoms with van der Waals surface area (Å²) in [7, 11) is 0. The molecule has 1 heterocycles. The van der Waals surface area contributed by atoms with E-state index in [0.717, 1.165) is 11.3 Å². The zero-order valence-electron chi connectivity index (χ0n) is 10.3. The summed E-state index contributed by atoms with van der Waals surface area (Å²) >= 11 is 7.40. The number of hydrogen-bond donors (Lipinski definition) is 1. The van der Waals surface area contributed by atoms with E-state index in [9.17, 15) is 4.39 Å². The predicted molar refractivity (Wildman–Crippen MR) is 78.1 cm³/mol. The lowest BCUT2D eigenvalue weighted by molar-refractivity contribution is 0.628. The van der Waals surface area contributed by atoms with Crippen molar-refractivity contribution in [1.29, 1.82) is 0 Å². The van der Waals surface area contributed by atoms with E-state index in [2.05, 4.69) is 4.98 Å². The van der Waals surface area contributed by atoms with Gasteiger partial charge in [0.25, 0.3) is 0 Å². The van der Waals surface area contributed by atoms with Gasteiger partial charge in [-0.1, -0.05) is 24.4 Å². The van der Waals surface area contributed by atoms with Crippen LogP contribution in [0.5, 0.6) is 0 Å². The summed E-state index contributed by atoms with van der Waals surface area (Å²) in [4.78, 5) is 5.63. The van der Waals surface area contributed by atoms with E-state index in [4.69, 9.17) is 17.3 Å². The number of nitrogen functional groups attached to an aromatic ring is 1. The number of nitrogens with two attached hydrogens (primary N) is 1. The van der Waals surface area contributed by atoms with Crippen molar-refractivity contribution in [2.75, 3.05) is 5.73 Å². The highest BCUT2D eigenvalue weighted by atomic mass is 35.5. The Bertz CT molecular complexity index is 605. The fourth-order valence-corrected chi connectivity index (χ4v) is 3.87. The van der Waals surface area contributed by atoms with Crippen LogP contribution in [0.4, 0.5) is 9.52 Å². The van der Waals surface area contributed by atoms with Crippen molar-refractivity contribution in [1.82, 2.24) is 4.98 Å². The molecule has 1 aromatic heterocycles. The number of benzene rings is 1. The second-order valence-electron chi connectivity index (χ2n) is 4.88. The number of thiazole rings is 1. The first-order valence-corrected chi connectivity index (χ1v) is 7.56. The maximum atomic E-state index is 13.2. The van der Waals surface area contributed by atoms with Gasteiger partial charge in [0.15, 0.2) is 5.13 Å². The lowest BCUT2D eigenvalue weighted by Crippen LogP contribution is -1.92. The molecule has 1 aromatic carbocycles. The molecule has 1 fully saturated rings. The average molecular weight is 297 g/mol. The molecule has 0 amide bonds. The van der Waals surface area contributed by atoms with Gasteiger partial charge in [-0.15, -0.1) is 11.3 Å². The molecule has 0 radical (unpaired) electrons. The van der Waals surface area contributed by atoms with E-state index in [1.807, 2.05) is 0 Å². The Morgan fingerprint density at radius 2 is 2.05 bits per heavy atom. The Morgan fingerprint density at radius 3 is 2.74 bits per heavy atom. The summed E-state index contributed by atoms with van der Waals surface area (Å²) in [6, 6.07) is 4.73. The van der Waals surface area contributed by atoms with Crippen molar-refractivity contribution in [3.05, 3.63) is 33.9 Å². The number of aromatic nitrogens is 1. The van der Waals surface area contributed by atoms with Crippen molar-refractivity contribution in [3.8, 4) is 11.3 Å². The fraction of sp³-hybridized carbons (Fsp3) is 0.357. The highest BCUT2D eigenvalue weighted by Crippen LogP contribution is 2.43. The van der Waals surface area contributed by atoms with Crippen molar-refractivity contribution < 1.29 is 4.39 Å². The highest BCUT2D eigenvalue weighted by Gasteiger charge is 2.24. The van der Waals surface area contributed by atoms with E-state index in [-0.39, 0.29) is 5.02 Å². The van der Waals surface area contributed by atoms with Crippen LogP contribution in [-0.2, 0) is 0 Å². The molecule has 0 bridgehead atoms. The Kier molecular flexibility index (Phi) is 3.46. The molecule has 19 heavy (non-hydrogen) atoms. The molecule has 1 aliphatic rings. The minimum absolute atomic E-state index is 0.126. The maximum Gasteiger partial charge on any atom is 0.180 e. The molecule has 0 atom stereocenters. The molecule has 1 saturated carbocycles. The summed E-state index contributed by atoms with van der Waals surface area (Å²) in [5.74, 6) is 0.129. The summed E-state index contributed by atoms with van der Waals surface area (Å²) < 4.78 is 13.2. The van der Waals surface area contributed by atoms with E-state index in [1.165, 1.54) is 36.6 Å². The Balaban J connectivity index is 2.05. The largest absolute Gasteiger partial charge is 0.375 e. The van der Waals surface area contributed by atoms with Gasteiger partial charge in [-0.25, -0.2) is 9.37 Å². The van der Waals surface area contributed by atoms with Crippen LogP contribution in [-0.4, -0.2) is 4.98 Å². The van der Waals surface area contributed by atoms with Crippen LogP contribution >= 0.6 is 22.9 Å². The van der Waals surface area contributed by atoms with E-state index < -0.39 is 5.82 Å². The number of hydrogen-bond acceptors (Lipinski definition) is 3. The zero-order chi connectivity index (χ0) is 13.4. The third-order valence-corrected chi connectivity index (χ3v) is 4.93. The molecule has 5 heteroatoms. The molecule has 3 rings (SSSR count). The quantitative estimate of drug-likeness (QED) is 0.861. The summed E-state index contributed by atoms with van der Waals surface area (Å²) in [6.45, 7) is 0. The van der Waals surface area contributed by atoms with Crippen molar-refractivity contribution >= 4 is 28.1 Å². The predicted octanol–water partition coefficient (Wildman–Crippen LogP) is 4.84. The van der Waals surface area contributed by atoms with Crippen LogP contribution in [0.25, 0.3) is 11.3 Å². The van der Waals surface area contributed by atoms with Gasteiger partial charge in [-0.3, -0.25) is 0 Å². The Labute approximate surface area is 120 Å². The van der Waals surface area contributed by atoms with Crippen molar-refractivity contribution in [3.63, 3.8) is 0 Å². The molecule has 2 N–H and O–H groups in total. The molecule has 0 aliphatic heterocycles. The molecule has 0 saturated heterocycles. The third-order valence-electron chi connectivity index (χ3n) is 3.59. The minimum atomic E-state index is -0.406. The van der Waals surface area contributed by atoms with Crippen molar-refractivity contribution in [2.45, 2.75) is 31.6 Å². The third kappa shape index (κ3) is 2.47. The highest BCUT2D eigenvalue weighted by molar-refractivity contribution is 7.15. The van der Waals surface area contributed by atoms with Crippen LogP contribution in [0.2, 0.25) is 5.02 Å². The smallest absolute Gasteiger partial charge is 0.180 e. The SMILES string of the molecule is Nc1nc(-c2ccc(F)c(Cl)c2)c(C2CCCC2)s1. The van der Waals surface area contributed by atoms with Crippen LogP contribution in [0.15, 0.2) is 18.2 Å². The summed E-state index contributed by atoms with van der Waals surface area (Å²) in [5, 5.41) is 0.693. The number of anilines is 1. The van der Waals surface area contributed by atoms with Gasteiger partial charge >= 0.3 is 0 Å². The topological polar surface area (TPSA) is 38.9 Å². The molecule has 1 aliphatic carbocycles. The standard InChI is InChI=1S/C14H14ClFN2S/c15-10-7-9(5-6-11(10)16)12-13(19-14(17)18-12)8-3-1-2-4-8/h5-8H,1-4H2,(H2,17,18). The van der Waals surface area contributed by atoms with Gasteiger partial charge in [0.1, 0.15) is 5.82 Å². The lowest BCUT2D eigenvalue weighted by Gasteiger charge is -2.09. The first-order valence-electron chi connectivity index (χ1n) is 6.37. The minimum Gasteiger partial charge on any atom is -0.375 e. The van der Waals surface area contributed by atoms with Gasteiger partial charge in [0.2, 0.25) is 0 Å². The molecule has 2 aromatic rings. The normalized spacial score (nSPS) is 16.1. The maximum absolute atomic E-state index is 13.2. The number of nitrogens with zero attached hydrogens (tertiary/aromatic N) is 1. The molecular weight excluding hydrogens is 283 g/mol. The van der Waals surface area contributed by atoms with Crippen LogP contribution in [0.1, 0.15) is 36.5 Å². The van der Waals surface area contributed by atoms with Crippen LogP contribution in [0.3, 0.4) is 0 Å². The van der Waals surface area contributed by atoms with Crippen LogP contribution in [0, 0.1) is 5.82 Å². The summed E-state index contributed by atoms with van der Waals surface area (Å²) in [5.41, 5.74) is 7.57. The van der Waals surface area contributed by atoms with Crippen LogP contribution < -0.4 is 5.73 Å². The van der Waals surface area contributed by atoms with Gasteiger partial charge < -0.3 is 5.73 Å². The molecule has 100 valence electrons. The van der Waals surface area contributed by atoms with E-state index in [1.54, 1.807) is 23.5 Å². The monoisotopic (exact) mass is 296 g/mol. The average Bonchev–Trinajstić information content (AvgIpc) is 3.01. The van der Waals surface area contributed by atoms with E-state index in [0.29, 0.717) is 11.0 Å². The second-order valence-corrected chi connectivity index (χ2v) is 6.34. The zero-order valence-corrected chi connectivity index (χ0v) is 11.9. The van der Waals surface area contributed by atoms with Gasteiger partial charge in [0, 0.05) is 10.4 Å². The molecular formula is C14H14ClFN2S. The Hall–Kier alpha value is -1.13. The first-order chi connectivity index (χ1) is 9.15. The van der Waals surface area contributed by atoms with Gasteiger partial charge in [-0.05, 0) is 37.0 Å². The van der Waals surface area contributed by atoms with Gasteiger partial charge in [0.05, 0.1) is 10.7 Å². The molecule has 0 spiro atoms.